The van der Waals surface area contributed by atoms with Gasteiger partial charge in [-0.25, -0.2) is 0 Å². The zero-order chi connectivity index (χ0) is 16.5. The molecule has 3 heteroatoms. The van der Waals surface area contributed by atoms with Gasteiger partial charge in [0.25, 0.3) is 0 Å². The quantitative estimate of drug-likeness (QED) is 0.612. The first kappa shape index (κ1) is 15.5. The van der Waals surface area contributed by atoms with Crippen LogP contribution in [0, 0.1) is 0 Å². The maximum atomic E-state index is 12.5. The van der Waals surface area contributed by atoms with Gasteiger partial charge < -0.3 is 4.57 Å². The largest absolute Gasteiger partial charge is 0.343 e. The van der Waals surface area contributed by atoms with Crippen LogP contribution < -0.4 is 0 Å². The van der Waals surface area contributed by atoms with Gasteiger partial charge in [0.05, 0.1) is 10.5 Å². The molecule has 2 aromatic carbocycles. The summed E-state index contributed by atoms with van der Waals surface area (Å²) in [6.45, 7) is 0.790. The molecule has 1 unspecified atom stereocenters. The van der Waals surface area contributed by atoms with Crippen molar-refractivity contribution in [1.82, 2.24) is 4.57 Å². The number of hydrogen-bond acceptors (Lipinski definition) is 1. The molecule has 0 aliphatic heterocycles. The summed E-state index contributed by atoms with van der Waals surface area (Å²) < 4.78 is 2.23. The van der Waals surface area contributed by atoms with E-state index in [2.05, 4.69) is 41.1 Å². The third-order valence-corrected chi connectivity index (χ3v) is 5.33. The molecule has 24 heavy (non-hydrogen) atoms. The molecule has 1 aliphatic rings. The molecule has 1 aliphatic carbocycles. The van der Waals surface area contributed by atoms with E-state index in [0.29, 0.717) is 12.2 Å². The van der Waals surface area contributed by atoms with Crippen LogP contribution in [0.4, 0.5) is 0 Å². The molecule has 0 amide bonds. The molecule has 3 aromatic rings. The molecular weight excluding hydrogens is 318 g/mol. The zero-order valence-corrected chi connectivity index (χ0v) is 14.3. The monoisotopic (exact) mass is 337 g/mol. The van der Waals surface area contributed by atoms with Gasteiger partial charge in [0.2, 0.25) is 0 Å². The fourth-order valence-electron chi connectivity index (χ4n) is 3.83. The van der Waals surface area contributed by atoms with Crippen molar-refractivity contribution in [2.75, 3.05) is 0 Å². The van der Waals surface area contributed by atoms with Crippen LogP contribution in [0.2, 0.25) is 5.02 Å². The lowest BCUT2D eigenvalue weighted by Gasteiger charge is -2.20. The van der Waals surface area contributed by atoms with Gasteiger partial charge in [-0.15, -0.1) is 0 Å². The minimum absolute atomic E-state index is 0.00169. The molecule has 1 atom stereocenters. The lowest BCUT2D eigenvalue weighted by atomic mass is 9.83. The Balaban J connectivity index is 1.83. The lowest BCUT2D eigenvalue weighted by molar-refractivity contribution is -0.121. The number of Topliss-reactive ketones (excluding diaryl/α,β-unsaturated/α-hetero) is 1. The smallest absolute Gasteiger partial charge is 0.140 e. The van der Waals surface area contributed by atoms with Crippen molar-refractivity contribution in [3.8, 4) is 0 Å². The Morgan fingerprint density at radius 1 is 1.04 bits per heavy atom. The van der Waals surface area contributed by atoms with Crippen molar-refractivity contribution in [3.05, 3.63) is 70.9 Å². The molecule has 0 spiro atoms. The molecular formula is C21H20ClNO. The highest BCUT2D eigenvalue weighted by atomic mass is 35.5. The fourth-order valence-corrected chi connectivity index (χ4v) is 4.11. The summed E-state index contributed by atoms with van der Waals surface area (Å²) >= 11 is 6.52. The minimum Gasteiger partial charge on any atom is -0.343 e. The van der Waals surface area contributed by atoms with E-state index in [1.165, 1.54) is 5.56 Å². The van der Waals surface area contributed by atoms with Crippen LogP contribution in [0.5, 0.6) is 0 Å². The predicted molar refractivity (Wildman–Crippen MR) is 98.7 cm³/mol. The average Bonchev–Trinajstić information content (AvgIpc) is 2.96. The summed E-state index contributed by atoms with van der Waals surface area (Å²) in [6.07, 6.45) is 5.92. The van der Waals surface area contributed by atoms with Crippen LogP contribution in [-0.2, 0) is 11.3 Å². The molecule has 0 N–H and O–H groups in total. The van der Waals surface area contributed by atoms with Crippen LogP contribution in [0.25, 0.3) is 10.9 Å². The number of nitrogens with zero attached hydrogens (tertiary/aromatic N) is 1. The van der Waals surface area contributed by atoms with Gasteiger partial charge in [-0.05, 0) is 36.1 Å². The van der Waals surface area contributed by atoms with E-state index in [0.717, 1.165) is 47.3 Å². The summed E-state index contributed by atoms with van der Waals surface area (Å²) in [5.41, 5.74) is 3.46. The van der Waals surface area contributed by atoms with Crippen molar-refractivity contribution < 1.29 is 4.79 Å². The Hall–Kier alpha value is -2.06. The van der Waals surface area contributed by atoms with Gasteiger partial charge in [0.15, 0.2) is 0 Å². The van der Waals surface area contributed by atoms with E-state index in [-0.39, 0.29) is 5.92 Å². The number of carbonyl (C=O) groups is 1. The van der Waals surface area contributed by atoms with Crippen LogP contribution in [0.15, 0.2) is 54.7 Å². The number of benzene rings is 2. The van der Waals surface area contributed by atoms with Gasteiger partial charge in [0, 0.05) is 30.5 Å². The van der Waals surface area contributed by atoms with E-state index in [1.54, 1.807) is 0 Å². The first-order chi connectivity index (χ1) is 11.7. The maximum absolute atomic E-state index is 12.5. The molecule has 0 radical (unpaired) electrons. The highest BCUT2D eigenvalue weighted by molar-refractivity contribution is 6.35. The first-order valence-electron chi connectivity index (χ1n) is 8.58. The summed E-state index contributed by atoms with van der Waals surface area (Å²) in [4.78, 5) is 12.5. The van der Waals surface area contributed by atoms with E-state index >= 15 is 0 Å². The summed E-state index contributed by atoms with van der Waals surface area (Å²) in [5.74, 6) is 0.359. The third-order valence-electron chi connectivity index (χ3n) is 5.01. The van der Waals surface area contributed by atoms with Crippen LogP contribution in [-0.4, -0.2) is 10.4 Å². The Kier molecular flexibility index (Phi) is 4.15. The fraction of sp³-hybridized carbons (Fsp3) is 0.286. The van der Waals surface area contributed by atoms with E-state index in [1.807, 2.05) is 18.2 Å². The normalized spacial score (nSPS) is 18.2. The standard InChI is InChI=1S/C21H20ClNO/c22-18-10-6-11-19-21(18)17(16-9-4-5-12-20(16)24)14-23(19)13-15-7-2-1-3-8-15/h1-3,6-8,10-11,14,16H,4-5,9,12-13H2. The SMILES string of the molecule is O=C1CCCCC1c1cn(Cc2ccccc2)c2cccc(Cl)c12. The van der Waals surface area contributed by atoms with Crippen LogP contribution >= 0.6 is 11.6 Å². The molecule has 1 saturated carbocycles. The zero-order valence-electron chi connectivity index (χ0n) is 13.5. The summed E-state index contributed by atoms with van der Waals surface area (Å²) in [5, 5.41) is 1.79. The van der Waals surface area contributed by atoms with Crippen LogP contribution in [0.3, 0.4) is 0 Å². The molecule has 122 valence electrons. The Bertz CT molecular complexity index is 881. The second-order valence-electron chi connectivity index (χ2n) is 6.60. The third kappa shape index (κ3) is 2.76. The van der Waals surface area contributed by atoms with Gasteiger partial charge >= 0.3 is 0 Å². The average molecular weight is 338 g/mol. The number of aromatic nitrogens is 1. The summed E-state index contributed by atoms with van der Waals surface area (Å²) in [6, 6.07) is 16.4. The van der Waals surface area contributed by atoms with Crippen molar-refractivity contribution in [1.29, 1.82) is 0 Å². The van der Waals surface area contributed by atoms with Gasteiger partial charge in [-0.1, -0.05) is 54.4 Å². The lowest BCUT2D eigenvalue weighted by Crippen LogP contribution is -2.16. The molecule has 0 saturated heterocycles. The van der Waals surface area contributed by atoms with Crippen molar-refractivity contribution in [3.63, 3.8) is 0 Å². The van der Waals surface area contributed by atoms with Crippen molar-refractivity contribution in [2.45, 2.75) is 38.1 Å². The van der Waals surface area contributed by atoms with Crippen LogP contribution in [0.1, 0.15) is 42.7 Å². The summed E-state index contributed by atoms with van der Waals surface area (Å²) in [7, 11) is 0. The Labute approximate surface area is 147 Å². The van der Waals surface area contributed by atoms with E-state index in [4.69, 9.17) is 11.6 Å². The Morgan fingerprint density at radius 3 is 2.67 bits per heavy atom. The molecule has 1 fully saturated rings. The van der Waals surface area contributed by atoms with Gasteiger partial charge in [-0.2, -0.15) is 0 Å². The highest BCUT2D eigenvalue weighted by Gasteiger charge is 2.27. The molecule has 1 heterocycles. The molecule has 4 rings (SSSR count). The van der Waals surface area contributed by atoms with Gasteiger partial charge in [0.1, 0.15) is 5.78 Å². The number of rotatable bonds is 3. The van der Waals surface area contributed by atoms with Crippen molar-refractivity contribution >= 4 is 28.3 Å². The Morgan fingerprint density at radius 2 is 1.88 bits per heavy atom. The van der Waals surface area contributed by atoms with E-state index < -0.39 is 0 Å². The van der Waals surface area contributed by atoms with Crippen molar-refractivity contribution in [2.24, 2.45) is 0 Å². The second-order valence-corrected chi connectivity index (χ2v) is 7.00. The number of carbonyl (C=O) groups excluding carboxylic acids is 1. The number of hydrogen-bond donors (Lipinski definition) is 0. The maximum Gasteiger partial charge on any atom is 0.140 e. The number of fused-ring (bicyclic) bond motifs is 1. The first-order valence-corrected chi connectivity index (χ1v) is 8.96. The number of ketones is 1. The molecule has 2 nitrogen and oxygen atoms in total. The molecule has 1 aromatic heterocycles. The van der Waals surface area contributed by atoms with E-state index in [9.17, 15) is 4.79 Å². The predicted octanol–water partition coefficient (Wildman–Crippen LogP) is 5.57. The highest BCUT2D eigenvalue weighted by Crippen LogP contribution is 2.38. The topological polar surface area (TPSA) is 22.0 Å². The second kappa shape index (κ2) is 6.45. The number of halogens is 1. The van der Waals surface area contributed by atoms with Gasteiger partial charge in [-0.3, -0.25) is 4.79 Å². The minimum atomic E-state index is -0.00169. The molecule has 0 bridgehead atoms.